The molecule has 3 aromatic carbocycles. The predicted molar refractivity (Wildman–Crippen MR) is 109 cm³/mol. The Balaban J connectivity index is 1.89. The maximum absolute atomic E-state index is 3.40. The summed E-state index contributed by atoms with van der Waals surface area (Å²) in [4.78, 5) is 0. The Morgan fingerprint density at radius 1 is 0.885 bits per heavy atom. The maximum Gasteiger partial charge on any atom is 0.187 e. The summed E-state index contributed by atoms with van der Waals surface area (Å²) in [7, 11) is 2.09. The second kappa shape index (κ2) is 5.82. The van der Waals surface area contributed by atoms with E-state index in [1.54, 1.807) is 0 Å². The van der Waals surface area contributed by atoms with Crippen molar-refractivity contribution in [1.29, 1.82) is 0 Å². The van der Waals surface area contributed by atoms with Crippen LogP contribution in [0.15, 0.2) is 72.9 Å². The summed E-state index contributed by atoms with van der Waals surface area (Å²) in [6.45, 7) is 2.20. The van der Waals surface area contributed by atoms with Crippen molar-refractivity contribution in [2.45, 2.75) is 6.92 Å². The molecule has 3 heteroatoms. The lowest BCUT2D eigenvalue weighted by molar-refractivity contribution is -0.587. The number of fused-ring (bicyclic) bond motifs is 3. The molecule has 0 aliphatic rings. The summed E-state index contributed by atoms with van der Waals surface area (Å²) in [5.74, 6) is 1.16. The van der Waals surface area contributed by atoms with E-state index in [1.165, 1.54) is 31.3 Å². The fourth-order valence-corrected chi connectivity index (χ4v) is 4.95. The van der Waals surface area contributed by atoms with Crippen LogP contribution in [0, 0.1) is 13.1 Å². The lowest BCUT2D eigenvalue weighted by Gasteiger charge is -2.14. The van der Waals surface area contributed by atoms with Gasteiger partial charge in [-0.15, -0.1) is 11.3 Å². The van der Waals surface area contributed by atoms with Crippen molar-refractivity contribution in [3.05, 3.63) is 84.7 Å². The second-order valence-electron chi connectivity index (χ2n) is 6.60. The second-order valence-corrected chi connectivity index (χ2v) is 7.65. The largest absolute Gasteiger partial charge is 0.356 e. The molecule has 0 radical (unpaired) electrons. The highest BCUT2D eigenvalue weighted by molar-refractivity contribution is 7.26. The van der Waals surface area contributed by atoms with Gasteiger partial charge in [0.1, 0.15) is 0 Å². The molecule has 0 amide bonds. The van der Waals surface area contributed by atoms with Gasteiger partial charge in [0.25, 0.3) is 0 Å². The van der Waals surface area contributed by atoms with E-state index in [4.69, 9.17) is 0 Å². The van der Waals surface area contributed by atoms with Gasteiger partial charge in [-0.2, -0.15) is 0 Å². The van der Waals surface area contributed by atoms with E-state index in [0.29, 0.717) is 0 Å². The van der Waals surface area contributed by atoms with E-state index in [0.717, 1.165) is 11.5 Å². The van der Waals surface area contributed by atoms with E-state index in [2.05, 4.69) is 90.0 Å². The molecule has 5 rings (SSSR count). The average Bonchev–Trinajstić information content (AvgIpc) is 3.23. The van der Waals surface area contributed by atoms with Gasteiger partial charge >= 0.3 is 0 Å². The summed E-state index contributed by atoms with van der Waals surface area (Å²) < 4.78 is 7.00. The lowest BCUT2D eigenvalue weighted by atomic mass is 10.0. The van der Waals surface area contributed by atoms with Gasteiger partial charge in [-0.05, 0) is 18.6 Å². The van der Waals surface area contributed by atoms with Gasteiger partial charge in [-0.1, -0.05) is 60.7 Å². The Hall–Kier alpha value is -2.91. The molecule has 0 aliphatic heterocycles. The van der Waals surface area contributed by atoms with E-state index >= 15 is 0 Å². The van der Waals surface area contributed by atoms with Crippen molar-refractivity contribution >= 4 is 31.5 Å². The molecule has 0 N–H and O–H groups in total. The Labute approximate surface area is 156 Å². The molecule has 0 saturated heterocycles. The number of nitrogens with zero attached hydrogens (tertiary/aromatic N) is 2. The van der Waals surface area contributed by atoms with Gasteiger partial charge in [-0.25, -0.2) is 0 Å². The number of hydrogen-bond acceptors (Lipinski definition) is 1. The van der Waals surface area contributed by atoms with Crippen LogP contribution in [0.3, 0.4) is 0 Å². The summed E-state index contributed by atoms with van der Waals surface area (Å²) in [6.07, 6.45) is 5.41. The fourth-order valence-electron chi connectivity index (χ4n) is 3.65. The zero-order valence-corrected chi connectivity index (χ0v) is 15.5. The summed E-state index contributed by atoms with van der Waals surface area (Å²) >= 11 is 1.87. The third kappa shape index (κ3) is 2.21. The fraction of sp³-hybridized carbons (Fsp3) is 0.0870. The van der Waals surface area contributed by atoms with E-state index < -0.39 is 0 Å². The molecule has 0 fully saturated rings. The molecule has 2 nitrogen and oxygen atoms in total. The normalized spacial score (nSPS) is 11.5. The zero-order valence-electron chi connectivity index (χ0n) is 14.7. The number of imidazole rings is 1. The van der Waals surface area contributed by atoms with Crippen molar-refractivity contribution in [2.24, 2.45) is 7.05 Å². The molecular weight excluding hydrogens is 336 g/mol. The first kappa shape index (κ1) is 15.4. The average molecular weight is 354 g/mol. The third-order valence-electron chi connectivity index (χ3n) is 4.92. The standard InChI is InChI=1S/C23H18N2S/c1-16-12-13-19-18-10-6-7-11-20(18)26-22(19)21(16)23-24(2)14-15-25(23)17-8-4-3-5-9-17/h3-14H,1-2H3. The first-order valence-electron chi connectivity index (χ1n) is 8.70. The molecule has 2 heterocycles. The minimum Gasteiger partial charge on any atom is -0.356 e. The van der Waals surface area contributed by atoms with Gasteiger partial charge in [0, 0.05) is 31.4 Å². The van der Waals surface area contributed by atoms with Crippen molar-refractivity contribution < 1.29 is 4.57 Å². The number of hydrogen-bond donors (Lipinski definition) is 0. The van der Waals surface area contributed by atoms with Crippen LogP contribution >= 0.6 is 11.3 Å². The van der Waals surface area contributed by atoms with Crippen LogP contribution in [0.5, 0.6) is 0 Å². The number of aromatic nitrogens is 2. The Morgan fingerprint density at radius 2 is 1.65 bits per heavy atom. The van der Waals surface area contributed by atoms with Gasteiger partial charge in [-0.3, -0.25) is 4.57 Å². The monoisotopic (exact) mass is 354 g/mol. The Morgan fingerprint density at radius 3 is 2.50 bits per heavy atom. The molecule has 26 heavy (non-hydrogen) atoms. The molecule has 0 saturated carbocycles. The van der Waals surface area contributed by atoms with Gasteiger partial charge in [0.15, 0.2) is 5.82 Å². The molecule has 2 aromatic heterocycles. The van der Waals surface area contributed by atoms with Gasteiger partial charge < -0.3 is 4.57 Å². The number of thiophene rings is 1. The molecule has 126 valence electrons. The van der Waals surface area contributed by atoms with Gasteiger partial charge in [0.2, 0.25) is 0 Å². The van der Waals surface area contributed by atoms with Crippen LogP contribution < -0.4 is 4.57 Å². The van der Waals surface area contributed by atoms with Crippen LogP contribution in [0.25, 0.3) is 37.2 Å². The minimum atomic E-state index is 1.13. The number of rotatable bonds is 2. The van der Waals surface area contributed by atoms with Crippen molar-refractivity contribution in [1.82, 2.24) is 4.57 Å². The highest BCUT2D eigenvalue weighted by atomic mass is 32.1. The SMILES string of the molecule is Cc1ccc2c(sc3ccccc32)c1-c1n(C)c[c-][n+]1-c1ccccc1. The summed E-state index contributed by atoms with van der Waals surface area (Å²) in [6, 6.07) is 23.6. The van der Waals surface area contributed by atoms with E-state index in [1.807, 2.05) is 23.6 Å². The van der Waals surface area contributed by atoms with Crippen LogP contribution in [0.1, 0.15) is 5.56 Å². The van der Waals surface area contributed by atoms with Gasteiger partial charge in [0.05, 0.1) is 19.4 Å². The predicted octanol–water partition coefficient (Wildman–Crippen LogP) is 5.45. The Kier molecular flexibility index (Phi) is 3.44. The Bertz CT molecular complexity index is 1250. The number of aryl methyl sites for hydroxylation is 2. The van der Waals surface area contributed by atoms with Crippen molar-refractivity contribution in [2.75, 3.05) is 0 Å². The molecule has 0 atom stereocenters. The van der Waals surface area contributed by atoms with Crippen molar-refractivity contribution in [3.63, 3.8) is 0 Å². The first-order chi connectivity index (χ1) is 12.7. The van der Waals surface area contributed by atoms with Crippen molar-refractivity contribution in [3.8, 4) is 17.1 Å². The zero-order chi connectivity index (χ0) is 17.7. The summed E-state index contributed by atoms with van der Waals surface area (Å²) in [5.41, 5.74) is 3.70. The van der Waals surface area contributed by atoms with Crippen LogP contribution in [-0.2, 0) is 7.05 Å². The highest BCUT2D eigenvalue weighted by Crippen LogP contribution is 2.40. The topological polar surface area (TPSA) is 8.81 Å². The minimum absolute atomic E-state index is 1.13. The first-order valence-corrected chi connectivity index (χ1v) is 9.51. The van der Waals surface area contributed by atoms with E-state index in [9.17, 15) is 0 Å². The van der Waals surface area contributed by atoms with Crippen LogP contribution in [0.2, 0.25) is 0 Å². The lowest BCUT2D eigenvalue weighted by Crippen LogP contribution is -2.32. The molecule has 5 aromatic rings. The van der Waals surface area contributed by atoms with E-state index in [-0.39, 0.29) is 0 Å². The summed E-state index contributed by atoms with van der Waals surface area (Å²) in [5, 5.41) is 2.66. The number of benzene rings is 3. The smallest absolute Gasteiger partial charge is 0.187 e. The number of para-hydroxylation sites is 1. The molecule has 0 unspecified atom stereocenters. The van der Waals surface area contributed by atoms with Crippen LogP contribution in [-0.4, -0.2) is 4.57 Å². The molecule has 0 bridgehead atoms. The van der Waals surface area contributed by atoms with Crippen LogP contribution in [0.4, 0.5) is 0 Å². The maximum atomic E-state index is 3.40. The quantitative estimate of drug-likeness (QED) is 0.295. The molecular formula is C23H18N2S. The third-order valence-corrected chi connectivity index (χ3v) is 6.12. The molecule has 0 spiro atoms. The highest BCUT2D eigenvalue weighted by Gasteiger charge is 2.18. The molecule has 0 aliphatic carbocycles.